The van der Waals surface area contributed by atoms with Gasteiger partial charge in [0.2, 0.25) is 0 Å². The van der Waals surface area contributed by atoms with Crippen LogP contribution in [0.15, 0.2) is 77.7 Å². The van der Waals surface area contributed by atoms with Gasteiger partial charge < -0.3 is 9.64 Å². The van der Waals surface area contributed by atoms with Gasteiger partial charge in [0.1, 0.15) is 0 Å². The molecule has 1 aliphatic heterocycles. The van der Waals surface area contributed by atoms with Crippen LogP contribution < -0.4 is 9.21 Å². The van der Waals surface area contributed by atoms with Gasteiger partial charge in [0.15, 0.2) is 6.61 Å². The van der Waals surface area contributed by atoms with Gasteiger partial charge in [0, 0.05) is 18.8 Å². The van der Waals surface area contributed by atoms with Crippen LogP contribution in [0.4, 0.5) is 11.4 Å². The number of para-hydroxylation sites is 2. The molecule has 0 saturated carbocycles. The Hall–Kier alpha value is -3.36. The van der Waals surface area contributed by atoms with Crippen molar-refractivity contribution in [2.24, 2.45) is 0 Å². The zero-order valence-corrected chi connectivity index (χ0v) is 20.2. The van der Waals surface area contributed by atoms with E-state index >= 15 is 0 Å². The molecule has 0 aromatic heterocycles. The molecule has 0 aliphatic carbocycles. The van der Waals surface area contributed by atoms with Gasteiger partial charge in [-0.2, -0.15) is 0 Å². The SMILES string of the molecule is C[C@@H]1Cc2ccccc2N1C(=O)COC(=O)c1cc(S(=O)(=O)N(C)c2ccccc2)ccc1Cl. The van der Waals surface area contributed by atoms with E-state index in [-0.39, 0.29) is 27.4 Å². The van der Waals surface area contributed by atoms with Gasteiger partial charge in [-0.15, -0.1) is 0 Å². The maximum absolute atomic E-state index is 13.1. The Kier molecular flexibility index (Phi) is 6.63. The number of sulfonamides is 1. The highest BCUT2D eigenvalue weighted by Crippen LogP contribution is 2.32. The summed E-state index contributed by atoms with van der Waals surface area (Å²) in [5, 5.41) is 0.0265. The summed E-state index contributed by atoms with van der Waals surface area (Å²) in [5.74, 6) is -1.24. The zero-order valence-electron chi connectivity index (χ0n) is 18.6. The summed E-state index contributed by atoms with van der Waals surface area (Å²) in [4.78, 5) is 27.1. The third-order valence-electron chi connectivity index (χ3n) is 5.74. The Morgan fingerprint density at radius 1 is 1.06 bits per heavy atom. The molecule has 7 nitrogen and oxygen atoms in total. The highest BCUT2D eigenvalue weighted by atomic mass is 35.5. The van der Waals surface area contributed by atoms with Crippen molar-refractivity contribution in [1.29, 1.82) is 0 Å². The second kappa shape index (κ2) is 9.48. The van der Waals surface area contributed by atoms with Crippen LogP contribution in [0, 0.1) is 0 Å². The fourth-order valence-corrected chi connectivity index (χ4v) is 5.39. The molecule has 0 fully saturated rings. The van der Waals surface area contributed by atoms with Crippen molar-refractivity contribution in [3.63, 3.8) is 0 Å². The van der Waals surface area contributed by atoms with Crippen molar-refractivity contribution >= 4 is 44.9 Å². The molecule has 0 spiro atoms. The lowest BCUT2D eigenvalue weighted by molar-refractivity contribution is -0.122. The predicted molar refractivity (Wildman–Crippen MR) is 131 cm³/mol. The average Bonchev–Trinajstić information content (AvgIpc) is 3.18. The number of nitrogens with zero attached hydrogens (tertiary/aromatic N) is 2. The first-order chi connectivity index (χ1) is 16.2. The summed E-state index contributed by atoms with van der Waals surface area (Å²) >= 11 is 6.17. The van der Waals surface area contributed by atoms with Crippen molar-refractivity contribution in [2.45, 2.75) is 24.3 Å². The molecule has 1 heterocycles. The minimum absolute atomic E-state index is 0.0265. The number of halogens is 1. The smallest absolute Gasteiger partial charge is 0.340 e. The zero-order chi connectivity index (χ0) is 24.5. The van der Waals surface area contributed by atoms with E-state index < -0.39 is 22.6 Å². The Balaban J connectivity index is 1.51. The average molecular weight is 499 g/mol. The molecule has 0 bridgehead atoms. The van der Waals surface area contributed by atoms with Crippen molar-refractivity contribution in [3.8, 4) is 0 Å². The highest BCUT2D eigenvalue weighted by molar-refractivity contribution is 7.92. The third kappa shape index (κ3) is 4.51. The molecular formula is C25H23ClN2O5S. The molecule has 1 amide bonds. The van der Waals surface area contributed by atoms with Gasteiger partial charge in [-0.25, -0.2) is 13.2 Å². The number of fused-ring (bicyclic) bond motifs is 1. The lowest BCUT2D eigenvalue weighted by Crippen LogP contribution is -2.38. The number of esters is 1. The summed E-state index contributed by atoms with van der Waals surface area (Å²) in [6.45, 7) is 1.43. The van der Waals surface area contributed by atoms with Crippen molar-refractivity contribution in [1.82, 2.24) is 0 Å². The predicted octanol–water partition coefficient (Wildman–Crippen LogP) is 4.30. The molecule has 3 aromatic rings. The van der Waals surface area contributed by atoms with E-state index in [0.29, 0.717) is 5.69 Å². The molecule has 3 aromatic carbocycles. The van der Waals surface area contributed by atoms with E-state index in [4.69, 9.17) is 16.3 Å². The molecule has 4 rings (SSSR count). The first-order valence-electron chi connectivity index (χ1n) is 10.6. The second-order valence-corrected chi connectivity index (χ2v) is 10.3. The fraction of sp³-hybridized carbons (Fsp3) is 0.200. The van der Waals surface area contributed by atoms with Crippen molar-refractivity contribution < 1.29 is 22.7 Å². The molecule has 1 atom stereocenters. The van der Waals surface area contributed by atoms with Crippen LogP contribution in [0.1, 0.15) is 22.8 Å². The first-order valence-corrected chi connectivity index (χ1v) is 12.4. The van der Waals surface area contributed by atoms with Gasteiger partial charge >= 0.3 is 5.97 Å². The van der Waals surface area contributed by atoms with Crippen LogP contribution >= 0.6 is 11.6 Å². The standard InChI is InChI=1S/C25H23ClN2O5S/c1-17-14-18-8-6-7-11-23(18)28(17)24(29)16-33-25(30)21-15-20(12-13-22(21)26)34(31,32)27(2)19-9-4-3-5-10-19/h3-13,15,17H,14,16H2,1-2H3/t17-/m1/s1. The number of carbonyl (C=O) groups excluding carboxylic acids is 2. The molecule has 0 unspecified atom stereocenters. The van der Waals surface area contributed by atoms with Gasteiger partial charge in [-0.3, -0.25) is 9.10 Å². The number of amides is 1. The van der Waals surface area contributed by atoms with E-state index in [2.05, 4.69) is 0 Å². The Labute approximate surface area is 203 Å². The van der Waals surface area contributed by atoms with E-state index in [1.54, 1.807) is 35.2 Å². The van der Waals surface area contributed by atoms with Crippen LogP contribution in [-0.4, -0.2) is 40.0 Å². The first kappa shape index (κ1) is 23.8. The summed E-state index contributed by atoms with van der Waals surface area (Å²) < 4.78 is 32.5. The van der Waals surface area contributed by atoms with Crippen LogP contribution in [0.25, 0.3) is 0 Å². The molecule has 176 valence electrons. The molecule has 34 heavy (non-hydrogen) atoms. The summed E-state index contributed by atoms with van der Waals surface area (Å²) in [6.07, 6.45) is 0.719. The normalized spacial score (nSPS) is 15.0. The van der Waals surface area contributed by atoms with Gasteiger partial charge in [-0.05, 0) is 55.3 Å². The molecule has 0 saturated heterocycles. The van der Waals surface area contributed by atoms with E-state index in [1.807, 2.05) is 31.2 Å². The van der Waals surface area contributed by atoms with Crippen LogP contribution in [0.3, 0.4) is 0 Å². The summed E-state index contributed by atoms with van der Waals surface area (Å²) in [7, 11) is -2.54. The lowest BCUT2D eigenvalue weighted by Gasteiger charge is -2.22. The summed E-state index contributed by atoms with van der Waals surface area (Å²) in [6, 6.07) is 19.9. The van der Waals surface area contributed by atoms with Gasteiger partial charge in [0.05, 0.1) is 21.2 Å². The molecule has 0 radical (unpaired) electrons. The minimum atomic E-state index is -3.96. The lowest BCUT2D eigenvalue weighted by atomic mass is 10.1. The van der Waals surface area contributed by atoms with Crippen molar-refractivity contribution in [2.75, 3.05) is 22.9 Å². The Morgan fingerprint density at radius 2 is 1.74 bits per heavy atom. The third-order valence-corrected chi connectivity index (χ3v) is 7.85. The van der Waals surface area contributed by atoms with Crippen LogP contribution in [0.2, 0.25) is 5.02 Å². The largest absolute Gasteiger partial charge is 0.452 e. The summed E-state index contributed by atoms with van der Waals surface area (Å²) in [5.41, 5.74) is 2.18. The van der Waals surface area contributed by atoms with Crippen LogP contribution in [0.5, 0.6) is 0 Å². The number of benzene rings is 3. The Bertz CT molecular complexity index is 1340. The highest BCUT2D eigenvalue weighted by Gasteiger charge is 2.31. The number of anilines is 2. The molecular weight excluding hydrogens is 476 g/mol. The maximum Gasteiger partial charge on any atom is 0.340 e. The van der Waals surface area contributed by atoms with E-state index in [0.717, 1.165) is 28.0 Å². The monoisotopic (exact) mass is 498 g/mol. The number of rotatable bonds is 6. The molecule has 9 heteroatoms. The number of ether oxygens (including phenoxy) is 1. The van der Waals surface area contributed by atoms with Crippen molar-refractivity contribution in [3.05, 3.63) is 88.9 Å². The number of hydrogen-bond acceptors (Lipinski definition) is 5. The molecule has 0 N–H and O–H groups in total. The van der Waals surface area contributed by atoms with Crippen LogP contribution in [-0.2, 0) is 26.0 Å². The second-order valence-electron chi connectivity index (χ2n) is 7.97. The van der Waals surface area contributed by atoms with E-state index in [1.165, 1.54) is 19.2 Å². The number of carbonyl (C=O) groups is 2. The van der Waals surface area contributed by atoms with Gasteiger partial charge in [0.25, 0.3) is 15.9 Å². The molecule has 1 aliphatic rings. The minimum Gasteiger partial charge on any atom is -0.452 e. The maximum atomic E-state index is 13.1. The topological polar surface area (TPSA) is 84.0 Å². The van der Waals surface area contributed by atoms with E-state index in [9.17, 15) is 18.0 Å². The quantitative estimate of drug-likeness (QED) is 0.473. The number of hydrogen-bond donors (Lipinski definition) is 0. The fourth-order valence-electron chi connectivity index (χ4n) is 3.98. The van der Waals surface area contributed by atoms with Gasteiger partial charge in [-0.1, -0.05) is 48.0 Å². The Morgan fingerprint density at radius 3 is 2.47 bits per heavy atom.